The lowest BCUT2D eigenvalue weighted by Crippen LogP contribution is -2.41. The molecule has 2 atom stereocenters. The summed E-state index contributed by atoms with van der Waals surface area (Å²) in [6.45, 7) is 10.6. The minimum atomic E-state index is -0.830. The Balaban J connectivity index is 1.76. The zero-order valence-electron chi connectivity index (χ0n) is 22.3. The number of hydrogen-bond acceptors (Lipinski definition) is 6. The van der Waals surface area contributed by atoms with Gasteiger partial charge in [0.2, 0.25) is 5.91 Å². The van der Waals surface area contributed by atoms with Gasteiger partial charge in [0.25, 0.3) is 5.91 Å². The first-order valence-electron chi connectivity index (χ1n) is 12.2. The topological polar surface area (TPSA) is 120 Å². The largest absolute Gasteiger partial charge is 0.383 e. The normalized spacial score (nSPS) is 19.3. The number of nitrogens with zero attached hydrogens (tertiary/aromatic N) is 5. The van der Waals surface area contributed by atoms with Crippen LogP contribution in [-0.4, -0.2) is 79.6 Å². The maximum Gasteiger partial charge on any atom is 0.255 e. The van der Waals surface area contributed by atoms with Gasteiger partial charge in [0, 0.05) is 31.8 Å². The van der Waals surface area contributed by atoms with Crippen molar-refractivity contribution in [1.82, 2.24) is 24.2 Å². The van der Waals surface area contributed by atoms with E-state index in [2.05, 4.69) is 64.3 Å². The second-order valence-corrected chi connectivity index (χ2v) is 11.3. The highest BCUT2D eigenvalue weighted by Gasteiger charge is 2.46. The molecule has 1 aliphatic heterocycles. The van der Waals surface area contributed by atoms with Gasteiger partial charge in [-0.3, -0.25) is 9.59 Å². The number of primary amides is 1. The van der Waals surface area contributed by atoms with E-state index in [1.807, 2.05) is 24.5 Å². The average molecular weight is 531 g/mol. The van der Waals surface area contributed by atoms with Gasteiger partial charge in [-0.15, -0.1) is 0 Å². The van der Waals surface area contributed by atoms with Crippen molar-refractivity contribution in [3.63, 3.8) is 0 Å². The number of amides is 2. The fraction of sp³-hybridized carbons (Fsp3) is 0.407. The number of ether oxygens (including phenoxy) is 1. The van der Waals surface area contributed by atoms with E-state index in [1.165, 1.54) is 6.08 Å². The molecule has 3 heterocycles. The van der Waals surface area contributed by atoms with Gasteiger partial charge in [-0.05, 0) is 57.4 Å². The van der Waals surface area contributed by atoms with E-state index >= 15 is 0 Å². The molecule has 2 aromatic heterocycles. The molecule has 1 fully saturated rings. The number of nitrogens with two attached hydrogens (primary N) is 1. The molecule has 38 heavy (non-hydrogen) atoms. The Kier molecular flexibility index (Phi) is 7.23. The van der Waals surface area contributed by atoms with Crippen molar-refractivity contribution in [2.75, 3.05) is 32.6 Å². The molecular formula is C27H32N7O3Si. The Morgan fingerprint density at radius 2 is 2.11 bits per heavy atom. The molecule has 2 amide bonds. The monoisotopic (exact) mass is 530 g/mol. The lowest BCUT2D eigenvalue weighted by Gasteiger charge is -2.27. The number of hydrogen-bond donors (Lipinski definition) is 2. The number of methoxy groups -OCH3 is 1. The lowest BCUT2D eigenvalue weighted by molar-refractivity contribution is -0.127. The number of imidazole rings is 1. The average Bonchev–Trinajstić information content (AvgIpc) is 3.55. The third-order valence-corrected chi connectivity index (χ3v) is 7.21. The van der Waals surface area contributed by atoms with Gasteiger partial charge in [-0.25, -0.2) is 9.67 Å². The molecule has 11 heteroatoms. The van der Waals surface area contributed by atoms with Crippen molar-refractivity contribution in [3.05, 3.63) is 54.0 Å². The zero-order chi connectivity index (χ0) is 27.8. The van der Waals surface area contributed by atoms with Crippen molar-refractivity contribution < 1.29 is 14.3 Å². The molecule has 197 valence electrons. The predicted molar refractivity (Wildman–Crippen MR) is 147 cm³/mol. The SMILES string of the molecule is C=CC(=O)N1C[C@@]([Si])(n2nc(C#Cc3ccc4c(c3)ncn4C(C)(C)C)c(C(N)=O)c2NC)C[C@@H]1COC. The molecule has 1 saturated heterocycles. The van der Waals surface area contributed by atoms with Crippen LogP contribution in [0.1, 0.15) is 48.8 Å². The standard InChI is InChI=1S/C27H32N7O3Si/c1-7-22(35)32-15-27(38,13-18(32)14-37-6)34-25(29-5)23(24(28)36)19(31-34)10-8-17-9-11-21-20(12-17)30-16-33(21)26(2,3)4/h7,9,11-12,16,18,29H,1,13-15H2,2-6H3,(H2,28,36)/t18-,27-/m1/s1. The minimum absolute atomic E-state index is 0.103. The molecule has 10 nitrogen and oxygen atoms in total. The number of likely N-dealkylation sites (tertiary alicyclic amines) is 1. The van der Waals surface area contributed by atoms with E-state index in [0.717, 1.165) is 16.6 Å². The van der Waals surface area contributed by atoms with Crippen LogP contribution < -0.4 is 11.1 Å². The van der Waals surface area contributed by atoms with Gasteiger partial charge < -0.3 is 25.3 Å². The number of carbonyl (C=O) groups excluding carboxylic acids is 2. The van der Waals surface area contributed by atoms with E-state index in [-0.39, 0.29) is 35.3 Å². The van der Waals surface area contributed by atoms with Crippen molar-refractivity contribution in [3.8, 4) is 11.8 Å². The summed E-state index contributed by atoms with van der Waals surface area (Å²) in [7, 11) is 7.13. The summed E-state index contributed by atoms with van der Waals surface area (Å²) in [4.78, 5) is 31.3. The molecule has 1 aliphatic rings. The highest BCUT2D eigenvalue weighted by Crippen LogP contribution is 2.35. The number of fused-ring (bicyclic) bond motifs is 1. The van der Waals surface area contributed by atoms with Crippen molar-refractivity contribution >= 4 is 38.9 Å². The van der Waals surface area contributed by atoms with Crippen LogP contribution >= 0.6 is 0 Å². The Labute approximate surface area is 225 Å². The number of nitrogens with one attached hydrogen (secondary N) is 1. The molecule has 4 rings (SSSR count). The summed E-state index contributed by atoms with van der Waals surface area (Å²) >= 11 is 0. The molecule has 3 aromatic rings. The second kappa shape index (κ2) is 10.1. The van der Waals surface area contributed by atoms with Crippen molar-refractivity contribution in [2.24, 2.45) is 5.73 Å². The number of benzene rings is 1. The molecule has 0 spiro atoms. The molecule has 0 aliphatic carbocycles. The molecular weight excluding hydrogens is 498 g/mol. The van der Waals surface area contributed by atoms with Crippen LogP contribution in [0.25, 0.3) is 11.0 Å². The van der Waals surface area contributed by atoms with Crippen LogP contribution in [0.15, 0.2) is 37.2 Å². The summed E-state index contributed by atoms with van der Waals surface area (Å²) in [5.74, 6) is 5.66. The van der Waals surface area contributed by atoms with Crippen molar-refractivity contribution in [1.29, 1.82) is 0 Å². The van der Waals surface area contributed by atoms with Gasteiger partial charge >= 0.3 is 0 Å². The molecule has 3 N–H and O–H groups in total. The van der Waals surface area contributed by atoms with E-state index in [0.29, 0.717) is 18.8 Å². The van der Waals surface area contributed by atoms with Gasteiger partial charge in [0.1, 0.15) is 11.4 Å². The highest BCUT2D eigenvalue weighted by atomic mass is 28.1. The zero-order valence-corrected chi connectivity index (χ0v) is 23.3. The summed E-state index contributed by atoms with van der Waals surface area (Å²) in [5.41, 5.74) is 8.64. The molecule has 0 unspecified atom stereocenters. The number of anilines is 1. The van der Waals surface area contributed by atoms with Gasteiger partial charge in [-0.2, -0.15) is 5.10 Å². The van der Waals surface area contributed by atoms with E-state index in [1.54, 1.807) is 23.7 Å². The summed E-state index contributed by atoms with van der Waals surface area (Å²) in [6, 6.07) is 5.58. The van der Waals surface area contributed by atoms with E-state index in [4.69, 9.17) is 15.6 Å². The highest BCUT2D eigenvalue weighted by molar-refractivity contribution is 6.15. The third kappa shape index (κ3) is 4.84. The summed E-state index contributed by atoms with van der Waals surface area (Å²) < 4.78 is 9.09. The van der Waals surface area contributed by atoms with E-state index < -0.39 is 11.1 Å². The Morgan fingerprint density at radius 3 is 2.71 bits per heavy atom. The summed E-state index contributed by atoms with van der Waals surface area (Å²) in [6.07, 6.45) is 3.57. The smallest absolute Gasteiger partial charge is 0.255 e. The van der Waals surface area contributed by atoms with Crippen LogP contribution in [0.3, 0.4) is 0 Å². The maximum atomic E-state index is 12.5. The number of rotatable bonds is 6. The first-order valence-corrected chi connectivity index (χ1v) is 12.7. The van der Waals surface area contributed by atoms with Gasteiger partial charge in [0.15, 0.2) is 5.69 Å². The van der Waals surface area contributed by atoms with Crippen LogP contribution in [0.5, 0.6) is 0 Å². The molecule has 1 aromatic carbocycles. The van der Waals surface area contributed by atoms with Crippen molar-refractivity contribution in [2.45, 2.75) is 43.9 Å². The van der Waals surface area contributed by atoms with E-state index in [9.17, 15) is 9.59 Å². The minimum Gasteiger partial charge on any atom is -0.383 e. The van der Waals surface area contributed by atoms with Crippen LogP contribution in [-0.2, 0) is 20.2 Å². The van der Waals surface area contributed by atoms with Gasteiger partial charge in [-0.1, -0.05) is 12.5 Å². The number of carbonyl (C=O) groups is 2. The third-order valence-electron chi connectivity index (χ3n) is 6.63. The molecule has 0 bridgehead atoms. The number of aromatic nitrogens is 4. The second-order valence-electron chi connectivity index (χ2n) is 10.4. The van der Waals surface area contributed by atoms with Crippen LogP contribution in [0.2, 0.25) is 0 Å². The van der Waals surface area contributed by atoms with Crippen LogP contribution in [0, 0.1) is 11.8 Å². The fourth-order valence-electron chi connectivity index (χ4n) is 4.88. The summed E-state index contributed by atoms with van der Waals surface area (Å²) in [5, 5.41) is 6.91. The quantitative estimate of drug-likeness (QED) is 0.285. The maximum absolute atomic E-state index is 12.5. The molecule has 3 radical (unpaired) electrons. The first kappa shape index (κ1) is 27.2. The fourth-order valence-corrected chi connectivity index (χ4v) is 5.45. The molecule has 0 saturated carbocycles. The lowest BCUT2D eigenvalue weighted by atomic mass is 10.1. The Morgan fingerprint density at radius 1 is 1.37 bits per heavy atom. The Hall–Kier alpha value is -3.88. The predicted octanol–water partition coefficient (Wildman–Crippen LogP) is 1.78. The van der Waals surface area contributed by atoms with Crippen LogP contribution in [0.4, 0.5) is 5.82 Å². The Bertz CT molecular complexity index is 1470. The first-order chi connectivity index (χ1) is 17.9. The van der Waals surface area contributed by atoms with Gasteiger partial charge in [0.05, 0.1) is 45.4 Å².